The predicted molar refractivity (Wildman–Crippen MR) is 101 cm³/mol. The minimum absolute atomic E-state index is 0.238. The van der Waals surface area contributed by atoms with E-state index in [1.165, 1.54) is 32.1 Å². The van der Waals surface area contributed by atoms with Crippen LogP contribution in [0.2, 0.25) is 0 Å². The van der Waals surface area contributed by atoms with E-state index in [0.717, 1.165) is 62.6 Å². The first-order valence-corrected chi connectivity index (χ1v) is 10.7. The molecule has 1 saturated heterocycles. The Kier molecular flexibility index (Phi) is 5.93. The van der Waals surface area contributed by atoms with Crippen LogP contribution in [0.4, 0.5) is 0 Å². The Hall–Kier alpha value is -1.36. The molecule has 0 radical (unpaired) electrons. The monoisotopic (exact) mass is 359 g/mol. The Morgan fingerprint density at radius 1 is 1.12 bits per heavy atom. The summed E-state index contributed by atoms with van der Waals surface area (Å²) < 4.78 is 5.64. The highest BCUT2D eigenvalue weighted by atomic mass is 16.5. The van der Waals surface area contributed by atoms with Gasteiger partial charge in [-0.2, -0.15) is 0 Å². The summed E-state index contributed by atoms with van der Waals surface area (Å²) >= 11 is 0. The van der Waals surface area contributed by atoms with Crippen LogP contribution in [-0.4, -0.2) is 30.2 Å². The maximum atomic E-state index is 12.2. The van der Waals surface area contributed by atoms with E-state index in [-0.39, 0.29) is 5.91 Å². The highest BCUT2D eigenvalue weighted by Crippen LogP contribution is 2.29. The van der Waals surface area contributed by atoms with Gasteiger partial charge in [0.15, 0.2) is 0 Å². The maximum absolute atomic E-state index is 12.2. The van der Waals surface area contributed by atoms with Gasteiger partial charge >= 0.3 is 0 Å². The smallest absolute Gasteiger partial charge is 0.220 e. The van der Waals surface area contributed by atoms with Gasteiger partial charge in [-0.3, -0.25) is 4.79 Å². The van der Waals surface area contributed by atoms with Crippen LogP contribution < -0.4 is 10.6 Å². The van der Waals surface area contributed by atoms with E-state index < -0.39 is 0 Å². The van der Waals surface area contributed by atoms with Crippen molar-refractivity contribution in [2.45, 2.75) is 76.7 Å². The highest BCUT2D eigenvalue weighted by Gasteiger charge is 2.30. The van der Waals surface area contributed by atoms with Gasteiger partial charge in [-0.1, -0.05) is 37.3 Å². The molecule has 0 aromatic carbocycles. The molecule has 5 nitrogen and oxygen atoms in total. The second-order valence-electron chi connectivity index (χ2n) is 8.76. The summed E-state index contributed by atoms with van der Waals surface area (Å²) in [7, 11) is 0. The van der Waals surface area contributed by atoms with Crippen molar-refractivity contribution in [3.05, 3.63) is 17.5 Å². The van der Waals surface area contributed by atoms with Crippen molar-refractivity contribution in [3.8, 4) is 0 Å². The average molecular weight is 360 g/mol. The molecule has 0 unspecified atom stereocenters. The number of rotatable bonds is 7. The molecule has 4 rings (SSSR count). The Bertz CT molecular complexity index is 590. The molecule has 5 heteroatoms. The second kappa shape index (κ2) is 8.55. The average Bonchev–Trinajstić information content (AvgIpc) is 3.35. The van der Waals surface area contributed by atoms with E-state index in [2.05, 4.69) is 21.9 Å². The first-order valence-electron chi connectivity index (χ1n) is 10.7. The third-order valence-electron chi connectivity index (χ3n) is 6.45. The van der Waals surface area contributed by atoms with Crippen LogP contribution in [0.3, 0.4) is 0 Å². The zero-order valence-corrected chi connectivity index (χ0v) is 15.8. The van der Waals surface area contributed by atoms with Gasteiger partial charge in [0.1, 0.15) is 5.76 Å². The van der Waals surface area contributed by atoms with Gasteiger partial charge in [0.25, 0.3) is 0 Å². The van der Waals surface area contributed by atoms with Gasteiger partial charge in [-0.15, -0.1) is 0 Å². The summed E-state index contributed by atoms with van der Waals surface area (Å²) in [5, 5.41) is 11.0. The van der Waals surface area contributed by atoms with Crippen molar-refractivity contribution in [2.24, 2.45) is 17.8 Å². The fourth-order valence-electron chi connectivity index (χ4n) is 4.73. The third kappa shape index (κ3) is 5.09. The zero-order chi connectivity index (χ0) is 17.8. The quantitative estimate of drug-likeness (QED) is 0.784. The van der Waals surface area contributed by atoms with Gasteiger partial charge in [-0.05, 0) is 56.5 Å². The SMILES string of the molecule is O=C(C[C@@H]1CCNC[C@H]1Cc1cc(CC2CCCCC2)on1)NC1CC1. The third-order valence-corrected chi connectivity index (χ3v) is 6.45. The Morgan fingerprint density at radius 3 is 2.77 bits per heavy atom. The first kappa shape index (κ1) is 18.0. The lowest BCUT2D eigenvalue weighted by molar-refractivity contribution is -0.122. The van der Waals surface area contributed by atoms with E-state index in [1.807, 2.05) is 0 Å². The van der Waals surface area contributed by atoms with Crippen molar-refractivity contribution in [1.82, 2.24) is 15.8 Å². The molecule has 2 aliphatic carbocycles. The maximum Gasteiger partial charge on any atom is 0.220 e. The van der Waals surface area contributed by atoms with Gasteiger partial charge in [0.05, 0.1) is 5.69 Å². The molecule has 2 heterocycles. The van der Waals surface area contributed by atoms with Crippen LogP contribution >= 0.6 is 0 Å². The summed E-state index contributed by atoms with van der Waals surface area (Å²) in [6, 6.07) is 2.63. The Morgan fingerprint density at radius 2 is 1.96 bits per heavy atom. The number of nitrogens with zero attached hydrogens (tertiary/aromatic N) is 1. The van der Waals surface area contributed by atoms with Crippen LogP contribution in [0, 0.1) is 17.8 Å². The molecule has 1 amide bonds. The molecular weight excluding hydrogens is 326 g/mol. The Balaban J connectivity index is 1.30. The summed E-state index contributed by atoms with van der Waals surface area (Å²) in [4.78, 5) is 12.2. The molecule has 144 valence electrons. The number of hydrogen-bond donors (Lipinski definition) is 2. The molecule has 0 spiro atoms. The predicted octanol–water partition coefficient (Wildman–Crippen LogP) is 3.23. The molecule has 3 fully saturated rings. The topological polar surface area (TPSA) is 67.2 Å². The number of carbonyl (C=O) groups excluding carboxylic acids is 1. The fraction of sp³-hybridized carbons (Fsp3) is 0.810. The molecule has 1 aromatic heterocycles. The molecule has 1 aromatic rings. The summed E-state index contributed by atoms with van der Waals surface area (Å²) in [5.41, 5.74) is 1.07. The molecule has 0 bridgehead atoms. The summed E-state index contributed by atoms with van der Waals surface area (Å²) in [5.74, 6) is 3.00. The van der Waals surface area contributed by atoms with E-state index >= 15 is 0 Å². The van der Waals surface area contributed by atoms with Crippen LogP contribution in [-0.2, 0) is 17.6 Å². The van der Waals surface area contributed by atoms with E-state index in [9.17, 15) is 4.79 Å². The van der Waals surface area contributed by atoms with Crippen LogP contribution in [0.5, 0.6) is 0 Å². The lowest BCUT2D eigenvalue weighted by Crippen LogP contribution is -2.40. The number of nitrogens with one attached hydrogen (secondary N) is 2. The second-order valence-corrected chi connectivity index (χ2v) is 8.76. The van der Waals surface area contributed by atoms with Crippen LogP contribution in [0.25, 0.3) is 0 Å². The van der Waals surface area contributed by atoms with Gasteiger partial charge in [0, 0.05) is 24.9 Å². The van der Waals surface area contributed by atoms with Gasteiger partial charge in [0.2, 0.25) is 5.91 Å². The van der Waals surface area contributed by atoms with Crippen molar-refractivity contribution in [1.29, 1.82) is 0 Å². The van der Waals surface area contributed by atoms with Crippen LogP contribution in [0.15, 0.2) is 10.6 Å². The highest BCUT2D eigenvalue weighted by molar-refractivity contribution is 5.76. The molecule has 1 aliphatic heterocycles. The number of piperidine rings is 1. The first-order chi connectivity index (χ1) is 12.8. The van der Waals surface area contributed by atoms with E-state index in [1.54, 1.807) is 0 Å². The summed E-state index contributed by atoms with van der Waals surface area (Å²) in [6.07, 6.45) is 12.8. The number of hydrogen-bond acceptors (Lipinski definition) is 4. The number of amides is 1. The van der Waals surface area contributed by atoms with Gasteiger partial charge < -0.3 is 15.2 Å². The van der Waals surface area contributed by atoms with Crippen molar-refractivity contribution in [3.63, 3.8) is 0 Å². The molecule has 3 aliphatic rings. The number of carbonyl (C=O) groups is 1. The molecule has 26 heavy (non-hydrogen) atoms. The largest absolute Gasteiger partial charge is 0.361 e. The number of aromatic nitrogens is 1. The zero-order valence-electron chi connectivity index (χ0n) is 15.8. The van der Waals surface area contributed by atoms with Crippen molar-refractivity contribution in [2.75, 3.05) is 13.1 Å². The summed E-state index contributed by atoms with van der Waals surface area (Å²) in [6.45, 7) is 2.00. The fourth-order valence-corrected chi connectivity index (χ4v) is 4.73. The molecule has 2 atom stereocenters. The molecule has 2 N–H and O–H groups in total. The Labute approximate surface area is 156 Å². The van der Waals surface area contributed by atoms with Gasteiger partial charge in [-0.25, -0.2) is 0 Å². The minimum atomic E-state index is 0.238. The molecule has 2 saturated carbocycles. The molecular formula is C21H33N3O2. The lowest BCUT2D eigenvalue weighted by Gasteiger charge is -2.31. The lowest BCUT2D eigenvalue weighted by atomic mass is 9.81. The van der Waals surface area contributed by atoms with Crippen LogP contribution in [0.1, 0.15) is 69.2 Å². The van der Waals surface area contributed by atoms with E-state index in [0.29, 0.717) is 24.3 Å². The normalized spacial score (nSPS) is 27.4. The van der Waals surface area contributed by atoms with Crippen molar-refractivity contribution < 1.29 is 9.32 Å². The van der Waals surface area contributed by atoms with Crippen molar-refractivity contribution >= 4 is 5.91 Å². The van der Waals surface area contributed by atoms with E-state index in [4.69, 9.17) is 4.52 Å². The minimum Gasteiger partial charge on any atom is -0.361 e. The standard InChI is InChI=1S/C21H33N3O2/c25-21(23-18-6-7-18)12-16-8-9-22-14-17(16)11-19-13-20(26-24-19)10-15-4-2-1-3-5-15/h13,15-18,22H,1-12,14H2,(H,23,25)/t16-,17+/m0/s1.